The number of rotatable bonds is 7. The lowest BCUT2D eigenvalue weighted by atomic mass is 10.1. The molecule has 3 N–H and O–H groups in total. The van der Waals surface area contributed by atoms with Gasteiger partial charge in [-0.2, -0.15) is 0 Å². The van der Waals surface area contributed by atoms with E-state index in [1.54, 1.807) is 0 Å². The second kappa shape index (κ2) is 7.37. The van der Waals surface area contributed by atoms with E-state index in [9.17, 15) is 19.2 Å². The van der Waals surface area contributed by atoms with Crippen molar-refractivity contribution in [3.63, 3.8) is 0 Å². The summed E-state index contributed by atoms with van der Waals surface area (Å²) < 4.78 is 4.44. The molecule has 0 aromatic rings. The minimum absolute atomic E-state index is 0.106. The summed E-state index contributed by atoms with van der Waals surface area (Å²) in [5.74, 6) is -2.07. The van der Waals surface area contributed by atoms with Crippen molar-refractivity contribution < 1.29 is 23.9 Å². The first-order valence-corrected chi connectivity index (χ1v) is 5.04. The van der Waals surface area contributed by atoms with Crippen LogP contribution in [0.4, 0.5) is 0 Å². The van der Waals surface area contributed by atoms with E-state index < -0.39 is 30.4 Å². The molecule has 17 heavy (non-hydrogen) atoms. The van der Waals surface area contributed by atoms with E-state index in [1.165, 1.54) is 6.92 Å². The lowest BCUT2D eigenvalue weighted by Crippen LogP contribution is -2.46. The number of esters is 1. The number of carbonyl (C=O) groups excluding carboxylic acids is 4. The second-order valence-electron chi connectivity index (χ2n) is 3.54. The molecule has 1 atom stereocenters. The first-order chi connectivity index (χ1) is 7.82. The number of hydrogen-bond donors (Lipinski definition) is 2. The topological polar surface area (TPSA) is 116 Å². The van der Waals surface area contributed by atoms with Gasteiger partial charge in [-0.25, -0.2) is 0 Å². The lowest BCUT2D eigenvalue weighted by Gasteiger charge is -2.14. The second-order valence-corrected chi connectivity index (χ2v) is 3.54. The highest BCUT2D eigenvalue weighted by Crippen LogP contribution is 1.98. The Hall–Kier alpha value is -1.92. The molecule has 0 heterocycles. The zero-order chi connectivity index (χ0) is 13.4. The molecule has 0 fully saturated rings. The Bertz CT molecular complexity index is 327. The highest BCUT2D eigenvalue weighted by atomic mass is 16.5. The molecule has 0 saturated heterocycles. The molecule has 0 saturated carbocycles. The molecule has 0 spiro atoms. The average Bonchev–Trinajstić information content (AvgIpc) is 2.20. The molecule has 0 rings (SSSR count). The van der Waals surface area contributed by atoms with Gasteiger partial charge in [0.2, 0.25) is 5.91 Å². The normalized spacial score (nSPS) is 11.4. The number of amides is 2. The van der Waals surface area contributed by atoms with E-state index >= 15 is 0 Å². The van der Waals surface area contributed by atoms with Crippen molar-refractivity contribution in [2.45, 2.75) is 32.7 Å². The van der Waals surface area contributed by atoms with Crippen molar-refractivity contribution in [1.29, 1.82) is 0 Å². The first kappa shape index (κ1) is 15.1. The summed E-state index contributed by atoms with van der Waals surface area (Å²) >= 11 is 0. The summed E-state index contributed by atoms with van der Waals surface area (Å²) in [6.45, 7) is 2.06. The molecule has 96 valence electrons. The molecular weight excluding hydrogens is 228 g/mol. The highest BCUT2D eigenvalue weighted by Gasteiger charge is 2.18. The van der Waals surface area contributed by atoms with Crippen LogP contribution in [0, 0.1) is 0 Å². The lowest BCUT2D eigenvalue weighted by molar-refractivity contribution is -0.146. The van der Waals surface area contributed by atoms with E-state index in [2.05, 4.69) is 10.1 Å². The summed E-state index contributed by atoms with van der Waals surface area (Å²) in [6, 6.07) is -0.929. The third kappa shape index (κ3) is 7.95. The molecule has 7 heteroatoms. The van der Waals surface area contributed by atoms with Gasteiger partial charge in [-0.05, 0) is 13.3 Å². The van der Waals surface area contributed by atoms with Gasteiger partial charge in [0.1, 0.15) is 11.8 Å². The largest absolute Gasteiger partial charge is 0.456 e. The summed E-state index contributed by atoms with van der Waals surface area (Å²) in [5.41, 5.74) is 5.05. The minimum Gasteiger partial charge on any atom is -0.456 e. The molecule has 0 aromatic carbocycles. The average molecular weight is 244 g/mol. The maximum Gasteiger partial charge on any atom is 0.303 e. The van der Waals surface area contributed by atoms with Crippen LogP contribution >= 0.6 is 0 Å². The van der Waals surface area contributed by atoms with Crippen LogP contribution in [0.3, 0.4) is 0 Å². The summed E-state index contributed by atoms with van der Waals surface area (Å²) in [7, 11) is 0. The molecule has 0 aliphatic carbocycles. The van der Waals surface area contributed by atoms with Crippen molar-refractivity contribution >= 4 is 23.6 Å². The van der Waals surface area contributed by atoms with Crippen molar-refractivity contribution in [1.82, 2.24) is 5.32 Å². The van der Waals surface area contributed by atoms with Gasteiger partial charge in [0.15, 0.2) is 6.61 Å². The molecule has 2 amide bonds. The Labute approximate surface area is 98.7 Å². The zero-order valence-electron chi connectivity index (χ0n) is 9.82. The van der Waals surface area contributed by atoms with Gasteiger partial charge in [-0.15, -0.1) is 0 Å². The Morgan fingerprint density at radius 3 is 2.24 bits per heavy atom. The third-order valence-electron chi connectivity index (χ3n) is 1.87. The van der Waals surface area contributed by atoms with Crippen molar-refractivity contribution in [2.24, 2.45) is 5.73 Å². The van der Waals surface area contributed by atoms with Gasteiger partial charge in [-0.1, -0.05) is 0 Å². The Balaban J connectivity index is 4.15. The SMILES string of the molecule is CC(=O)CC[C@@H](NC(=O)COC(C)=O)C(N)=O. The van der Waals surface area contributed by atoms with Crippen LogP contribution in [0.25, 0.3) is 0 Å². The standard InChI is InChI=1S/C10H16N2O5/c1-6(13)3-4-8(10(11)16)12-9(15)5-17-7(2)14/h8H,3-5H2,1-2H3,(H2,11,16)(H,12,15)/t8-/m1/s1. The predicted octanol–water partition coefficient (Wildman–Crippen LogP) is -1.11. The molecule has 0 aromatic heterocycles. The number of hydrogen-bond acceptors (Lipinski definition) is 5. The summed E-state index contributed by atoms with van der Waals surface area (Å²) in [4.78, 5) is 43.4. The number of Topliss-reactive ketones (excluding diaryl/α,β-unsaturated/α-hetero) is 1. The van der Waals surface area contributed by atoms with Crippen molar-refractivity contribution in [3.05, 3.63) is 0 Å². The van der Waals surface area contributed by atoms with Gasteiger partial charge in [0, 0.05) is 13.3 Å². The predicted molar refractivity (Wildman–Crippen MR) is 57.7 cm³/mol. The van der Waals surface area contributed by atoms with Crippen LogP contribution in [-0.4, -0.2) is 36.2 Å². The van der Waals surface area contributed by atoms with Gasteiger partial charge in [0.25, 0.3) is 5.91 Å². The smallest absolute Gasteiger partial charge is 0.303 e. The Kier molecular flexibility index (Phi) is 6.54. The number of nitrogens with one attached hydrogen (secondary N) is 1. The number of carbonyl (C=O) groups is 4. The van der Waals surface area contributed by atoms with E-state index in [1.807, 2.05) is 0 Å². The molecule has 7 nitrogen and oxygen atoms in total. The van der Waals surface area contributed by atoms with E-state index in [0.29, 0.717) is 0 Å². The van der Waals surface area contributed by atoms with Crippen molar-refractivity contribution in [2.75, 3.05) is 6.61 Å². The van der Waals surface area contributed by atoms with E-state index in [4.69, 9.17) is 5.73 Å². The Morgan fingerprint density at radius 2 is 1.82 bits per heavy atom. The maximum atomic E-state index is 11.2. The van der Waals surface area contributed by atoms with Gasteiger partial charge in [0.05, 0.1) is 0 Å². The van der Waals surface area contributed by atoms with Gasteiger partial charge in [-0.3, -0.25) is 14.4 Å². The number of ketones is 1. The van der Waals surface area contributed by atoms with Crippen LogP contribution in [0.5, 0.6) is 0 Å². The molecule has 0 aliphatic rings. The summed E-state index contributed by atoms with van der Waals surface area (Å²) in [6.07, 6.45) is 0.276. The fraction of sp³-hybridized carbons (Fsp3) is 0.600. The Morgan fingerprint density at radius 1 is 1.24 bits per heavy atom. The van der Waals surface area contributed by atoms with Crippen LogP contribution in [0.15, 0.2) is 0 Å². The van der Waals surface area contributed by atoms with E-state index in [-0.39, 0.29) is 18.6 Å². The monoisotopic (exact) mass is 244 g/mol. The molecule has 0 bridgehead atoms. The minimum atomic E-state index is -0.929. The third-order valence-corrected chi connectivity index (χ3v) is 1.87. The first-order valence-electron chi connectivity index (χ1n) is 5.04. The fourth-order valence-electron chi connectivity index (χ4n) is 1.04. The van der Waals surface area contributed by atoms with E-state index in [0.717, 1.165) is 6.92 Å². The molecule has 0 aliphatic heterocycles. The fourth-order valence-corrected chi connectivity index (χ4v) is 1.04. The van der Waals surface area contributed by atoms with Crippen molar-refractivity contribution in [3.8, 4) is 0 Å². The maximum absolute atomic E-state index is 11.2. The number of nitrogens with two attached hydrogens (primary N) is 1. The van der Waals surface area contributed by atoms with Gasteiger partial charge < -0.3 is 20.6 Å². The van der Waals surface area contributed by atoms with Crippen LogP contribution in [-0.2, 0) is 23.9 Å². The molecular formula is C10H16N2O5. The molecule has 0 radical (unpaired) electrons. The number of primary amides is 1. The highest BCUT2D eigenvalue weighted by molar-refractivity contribution is 5.88. The van der Waals surface area contributed by atoms with Crippen LogP contribution < -0.4 is 11.1 Å². The van der Waals surface area contributed by atoms with Crippen LogP contribution in [0.1, 0.15) is 26.7 Å². The summed E-state index contributed by atoms with van der Waals surface area (Å²) in [5, 5.41) is 2.28. The van der Waals surface area contributed by atoms with Crippen LogP contribution in [0.2, 0.25) is 0 Å². The number of ether oxygens (including phenoxy) is 1. The van der Waals surface area contributed by atoms with Gasteiger partial charge >= 0.3 is 5.97 Å². The molecule has 0 unspecified atom stereocenters. The quantitative estimate of drug-likeness (QED) is 0.551. The zero-order valence-corrected chi connectivity index (χ0v) is 9.82.